The molecule has 0 atom stereocenters. The first kappa shape index (κ1) is 17.7. The zero-order chi connectivity index (χ0) is 17.6. The summed E-state index contributed by atoms with van der Waals surface area (Å²) in [6, 6.07) is 14.5. The topological polar surface area (TPSA) is 58.2 Å². The van der Waals surface area contributed by atoms with Crippen molar-refractivity contribution in [2.45, 2.75) is 32.1 Å². The van der Waals surface area contributed by atoms with E-state index in [2.05, 4.69) is 26.6 Å². The Kier molecular flexibility index (Phi) is 5.87. The Hall–Kier alpha value is -2.14. The smallest absolute Gasteiger partial charge is 0.255 e. The Morgan fingerprint density at radius 3 is 2.28 bits per heavy atom. The van der Waals surface area contributed by atoms with Crippen molar-refractivity contribution in [2.24, 2.45) is 5.92 Å². The summed E-state index contributed by atoms with van der Waals surface area (Å²) in [5.41, 5.74) is 1.94. The van der Waals surface area contributed by atoms with Crippen LogP contribution in [0.5, 0.6) is 0 Å². The second-order valence-corrected chi connectivity index (χ2v) is 7.29. The van der Waals surface area contributed by atoms with Crippen molar-refractivity contribution in [2.75, 3.05) is 10.6 Å². The van der Waals surface area contributed by atoms with Crippen LogP contribution < -0.4 is 10.6 Å². The lowest BCUT2D eigenvalue weighted by Gasteiger charge is -2.20. The molecule has 1 fully saturated rings. The van der Waals surface area contributed by atoms with Crippen LogP contribution in [0.25, 0.3) is 0 Å². The first-order chi connectivity index (χ1) is 12.1. The summed E-state index contributed by atoms with van der Waals surface area (Å²) in [6.07, 6.45) is 5.40. The molecule has 0 unspecified atom stereocenters. The maximum Gasteiger partial charge on any atom is 0.255 e. The molecule has 2 aromatic carbocycles. The fraction of sp³-hybridized carbons (Fsp3) is 0.300. The minimum atomic E-state index is -0.183. The summed E-state index contributed by atoms with van der Waals surface area (Å²) < 4.78 is 0.855. The van der Waals surface area contributed by atoms with Crippen LogP contribution in [0, 0.1) is 5.92 Å². The molecule has 5 heteroatoms. The number of benzene rings is 2. The Balaban J connectivity index is 1.64. The molecule has 1 aliphatic carbocycles. The lowest BCUT2D eigenvalue weighted by atomic mass is 9.88. The third-order valence-corrected chi connectivity index (χ3v) is 4.94. The summed E-state index contributed by atoms with van der Waals surface area (Å²) >= 11 is 3.36. The highest BCUT2D eigenvalue weighted by Gasteiger charge is 2.21. The van der Waals surface area contributed by atoms with Gasteiger partial charge in [0.2, 0.25) is 5.91 Å². The van der Waals surface area contributed by atoms with Crippen molar-refractivity contribution >= 4 is 39.1 Å². The van der Waals surface area contributed by atoms with Gasteiger partial charge in [-0.05, 0) is 49.2 Å². The lowest BCUT2D eigenvalue weighted by Crippen LogP contribution is -2.24. The van der Waals surface area contributed by atoms with Crippen molar-refractivity contribution in [1.82, 2.24) is 0 Å². The van der Waals surface area contributed by atoms with E-state index in [1.165, 1.54) is 6.42 Å². The second kappa shape index (κ2) is 8.30. The molecular formula is C20H21BrN2O2. The Morgan fingerprint density at radius 2 is 1.56 bits per heavy atom. The predicted molar refractivity (Wildman–Crippen MR) is 104 cm³/mol. The van der Waals surface area contributed by atoms with Crippen LogP contribution in [0.4, 0.5) is 11.4 Å². The number of carbonyl (C=O) groups excluding carboxylic acids is 2. The van der Waals surface area contributed by atoms with Crippen molar-refractivity contribution < 1.29 is 9.59 Å². The largest absolute Gasteiger partial charge is 0.326 e. The van der Waals surface area contributed by atoms with E-state index in [4.69, 9.17) is 0 Å². The molecule has 0 bridgehead atoms. The van der Waals surface area contributed by atoms with Gasteiger partial charge in [0, 0.05) is 27.3 Å². The maximum absolute atomic E-state index is 12.4. The quantitative estimate of drug-likeness (QED) is 0.738. The molecule has 0 aromatic heterocycles. The molecule has 2 N–H and O–H groups in total. The lowest BCUT2D eigenvalue weighted by molar-refractivity contribution is -0.120. The van der Waals surface area contributed by atoms with E-state index in [0.29, 0.717) is 16.9 Å². The molecule has 0 saturated heterocycles. The Morgan fingerprint density at radius 1 is 0.880 bits per heavy atom. The van der Waals surface area contributed by atoms with E-state index in [1.807, 2.05) is 30.3 Å². The number of carbonyl (C=O) groups is 2. The SMILES string of the molecule is O=C(Nc1cccc(NC(=O)C2CCCCC2)c1)c1cccc(Br)c1. The van der Waals surface area contributed by atoms with Gasteiger partial charge in [-0.2, -0.15) is 0 Å². The zero-order valence-corrected chi connectivity index (χ0v) is 15.5. The molecule has 0 spiro atoms. The summed E-state index contributed by atoms with van der Waals surface area (Å²) in [5, 5.41) is 5.84. The number of nitrogens with one attached hydrogen (secondary N) is 2. The average Bonchev–Trinajstić information content (AvgIpc) is 2.63. The van der Waals surface area contributed by atoms with Gasteiger partial charge in [-0.15, -0.1) is 0 Å². The molecule has 1 aliphatic rings. The number of anilines is 2. The van der Waals surface area contributed by atoms with Gasteiger partial charge in [0.05, 0.1) is 0 Å². The zero-order valence-electron chi connectivity index (χ0n) is 13.9. The monoisotopic (exact) mass is 400 g/mol. The van der Waals surface area contributed by atoms with Crippen LogP contribution in [0.15, 0.2) is 53.0 Å². The number of halogens is 1. The highest BCUT2D eigenvalue weighted by atomic mass is 79.9. The maximum atomic E-state index is 12.4. The van der Waals surface area contributed by atoms with Gasteiger partial charge >= 0.3 is 0 Å². The van der Waals surface area contributed by atoms with Crippen LogP contribution in [0.1, 0.15) is 42.5 Å². The van der Waals surface area contributed by atoms with Gasteiger partial charge in [-0.1, -0.05) is 47.3 Å². The first-order valence-corrected chi connectivity index (χ1v) is 9.39. The van der Waals surface area contributed by atoms with Gasteiger partial charge in [-0.25, -0.2) is 0 Å². The minimum Gasteiger partial charge on any atom is -0.326 e. The van der Waals surface area contributed by atoms with Crippen molar-refractivity contribution in [3.63, 3.8) is 0 Å². The summed E-state index contributed by atoms with van der Waals surface area (Å²) in [4.78, 5) is 24.7. The van der Waals surface area contributed by atoms with E-state index < -0.39 is 0 Å². The van der Waals surface area contributed by atoms with Crippen LogP contribution in [0.3, 0.4) is 0 Å². The normalized spacial score (nSPS) is 14.8. The fourth-order valence-corrected chi connectivity index (χ4v) is 3.52. The van der Waals surface area contributed by atoms with Gasteiger partial charge in [0.15, 0.2) is 0 Å². The standard InChI is InChI=1S/C20H21BrN2O2/c21-16-9-4-8-15(12-16)20(25)23-18-11-5-10-17(13-18)22-19(24)14-6-2-1-3-7-14/h4-5,8-14H,1-3,6-7H2,(H,22,24)(H,23,25). The van der Waals surface area contributed by atoms with Crippen LogP contribution in [-0.2, 0) is 4.79 Å². The Bertz CT molecular complexity index is 770. The van der Waals surface area contributed by atoms with Crippen LogP contribution in [-0.4, -0.2) is 11.8 Å². The summed E-state index contributed by atoms with van der Waals surface area (Å²) in [7, 11) is 0. The predicted octanol–water partition coefficient (Wildman–Crippen LogP) is 5.22. The first-order valence-electron chi connectivity index (χ1n) is 8.60. The van der Waals surface area contributed by atoms with Gasteiger partial charge in [0.1, 0.15) is 0 Å². The van der Waals surface area contributed by atoms with E-state index in [9.17, 15) is 9.59 Å². The number of hydrogen-bond acceptors (Lipinski definition) is 2. The molecule has 2 aromatic rings. The van der Waals surface area contributed by atoms with E-state index >= 15 is 0 Å². The number of rotatable bonds is 4. The molecule has 3 rings (SSSR count). The minimum absolute atomic E-state index is 0.0789. The molecule has 25 heavy (non-hydrogen) atoms. The fourth-order valence-electron chi connectivity index (χ4n) is 3.12. The summed E-state index contributed by atoms with van der Waals surface area (Å²) in [5.74, 6) is 0.000824. The van der Waals surface area contributed by atoms with Crippen LogP contribution >= 0.6 is 15.9 Å². The van der Waals surface area contributed by atoms with Crippen LogP contribution in [0.2, 0.25) is 0 Å². The average molecular weight is 401 g/mol. The van der Waals surface area contributed by atoms with E-state index in [-0.39, 0.29) is 17.7 Å². The van der Waals surface area contributed by atoms with E-state index in [1.54, 1.807) is 18.2 Å². The van der Waals surface area contributed by atoms with Gasteiger partial charge in [-0.3, -0.25) is 9.59 Å². The molecule has 2 amide bonds. The van der Waals surface area contributed by atoms with Crippen molar-refractivity contribution in [3.05, 3.63) is 58.6 Å². The van der Waals surface area contributed by atoms with Gasteiger partial charge in [0.25, 0.3) is 5.91 Å². The van der Waals surface area contributed by atoms with Gasteiger partial charge < -0.3 is 10.6 Å². The molecule has 4 nitrogen and oxygen atoms in total. The molecule has 0 radical (unpaired) electrons. The number of amides is 2. The molecule has 0 aliphatic heterocycles. The second-order valence-electron chi connectivity index (χ2n) is 6.37. The molecular weight excluding hydrogens is 380 g/mol. The Labute approximate surface area is 156 Å². The summed E-state index contributed by atoms with van der Waals surface area (Å²) in [6.45, 7) is 0. The highest BCUT2D eigenvalue weighted by molar-refractivity contribution is 9.10. The molecule has 0 heterocycles. The molecule has 1 saturated carbocycles. The van der Waals surface area contributed by atoms with Crippen molar-refractivity contribution in [1.29, 1.82) is 0 Å². The van der Waals surface area contributed by atoms with E-state index in [0.717, 1.165) is 30.2 Å². The third-order valence-electron chi connectivity index (χ3n) is 4.45. The number of hydrogen-bond donors (Lipinski definition) is 2. The third kappa shape index (κ3) is 4.92. The van der Waals surface area contributed by atoms with Crippen molar-refractivity contribution in [3.8, 4) is 0 Å². The molecule has 130 valence electrons. The highest BCUT2D eigenvalue weighted by Crippen LogP contribution is 2.25.